The normalized spacial score (nSPS) is 15.2. The van der Waals surface area contributed by atoms with Gasteiger partial charge < -0.3 is 14.8 Å². The molecule has 2 unspecified atom stereocenters. The molecule has 2 rings (SSSR count). The summed E-state index contributed by atoms with van der Waals surface area (Å²) in [5.41, 5.74) is -0.830. The molecule has 21 heavy (non-hydrogen) atoms. The average Bonchev–Trinajstić information content (AvgIpc) is 3.00. The van der Waals surface area contributed by atoms with Gasteiger partial charge in [-0.3, -0.25) is 9.00 Å². The Labute approximate surface area is 125 Å². The number of carbonyl (C=O) groups excluding carboxylic acids is 1. The molecule has 0 radical (unpaired) electrons. The maximum atomic E-state index is 12.0. The molecule has 1 heterocycles. The zero-order valence-corrected chi connectivity index (χ0v) is 12.6. The van der Waals surface area contributed by atoms with Gasteiger partial charge in [-0.05, 0) is 43.3 Å². The summed E-state index contributed by atoms with van der Waals surface area (Å²) >= 11 is 0. The number of benzene rings is 1. The number of hydrogen-bond acceptors (Lipinski definition) is 4. The lowest BCUT2D eigenvalue weighted by Crippen LogP contribution is -2.38. The van der Waals surface area contributed by atoms with Crippen molar-refractivity contribution >= 4 is 16.7 Å². The van der Waals surface area contributed by atoms with Crippen molar-refractivity contribution in [2.75, 3.05) is 12.8 Å². The maximum absolute atomic E-state index is 12.0. The highest BCUT2D eigenvalue weighted by atomic mass is 32.2. The molecular formula is C15H17NO4S. The predicted octanol–water partition coefficient (Wildman–Crippen LogP) is 1.65. The van der Waals surface area contributed by atoms with Crippen molar-refractivity contribution in [1.82, 2.24) is 5.32 Å². The summed E-state index contributed by atoms with van der Waals surface area (Å²) in [5.74, 6) is 0.0785. The summed E-state index contributed by atoms with van der Waals surface area (Å²) in [6, 6.07) is 9.83. The van der Waals surface area contributed by atoms with E-state index in [0.717, 1.165) is 0 Å². The molecule has 6 heteroatoms. The van der Waals surface area contributed by atoms with Gasteiger partial charge >= 0.3 is 0 Å². The number of amides is 1. The highest BCUT2D eigenvalue weighted by Gasteiger charge is 2.26. The van der Waals surface area contributed by atoms with Crippen molar-refractivity contribution in [2.45, 2.75) is 17.4 Å². The van der Waals surface area contributed by atoms with Crippen LogP contribution in [0.15, 0.2) is 52.0 Å². The Morgan fingerprint density at radius 3 is 2.52 bits per heavy atom. The van der Waals surface area contributed by atoms with Crippen LogP contribution in [-0.4, -0.2) is 28.0 Å². The summed E-state index contributed by atoms with van der Waals surface area (Å²) in [4.78, 5) is 12.7. The van der Waals surface area contributed by atoms with E-state index >= 15 is 0 Å². The molecule has 0 spiro atoms. The number of furan rings is 1. The molecule has 0 fully saturated rings. The summed E-state index contributed by atoms with van der Waals surface area (Å²) < 4.78 is 16.4. The fourth-order valence-electron chi connectivity index (χ4n) is 1.82. The molecule has 0 aliphatic rings. The Morgan fingerprint density at radius 1 is 1.33 bits per heavy atom. The first-order valence-electron chi connectivity index (χ1n) is 6.38. The summed E-state index contributed by atoms with van der Waals surface area (Å²) in [6.45, 7) is 1.59. The average molecular weight is 307 g/mol. The van der Waals surface area contributed by atoms with Crippen LogP contribution in [0.3, 0.4) is 0 Å². The third-order valence-electron chi connectivity index (χ3n) is 3.09. The van der Waals surface area contributed by atoms with Crippen LogP contribution in [-0.2, 0) is 16.4 Å². The molecule has 2 N–H and O–H groups in total. The van der Waals surface area contributed by atoms with Crippen molar-refractivity contribution in [3.8, 4) is 0 Å². The minimum atomic E-state index is -1.27. The van der Waals surface area contributed by atoms with Crippen molar-refractivity contribution in [1.29, 1.82) is 0 Å². The Kier molecular flexibility index (Phi) is 4.59. The van der Waals surface area contributed by atoms with E-state index in [1.807, 2.05) is 0 Å². The molecule has 1 amide bonds. The second-order valence-electron chi connectivity index (χ2n) is 4.91. The van der Waals surface area contributed by atoms with Crippen LogP contribution in [0.25, 0.3) is 0 Å². The third kappa shape index (κ3) is 3.80. The molecule has 1 aromatic carbocycles. The first-order chi connectivity index (χ1) is 9.90. The zero-order valence-electron chi connectivity index (χ0n) is 11.8. The van der Waals surface area contributed by atoms with Gasteiger partial charge in [-0.1, -0.05) is 0 Å². The van der Waals surface area contributed by atoms with Crippen LogP contribution in [0.1, 0.15) is 23.0 Å². The molecule has 112 valence electrons. The largest absolute Gasteiger partial charge is 0.466 e. The summed E-state index contributed by atoms with van der Waals surface area (Å²) in [6.07, 6.45) is 3.05. The molecule has 0 aliphatic carbocycles. The quantitative estimate of drug-likeness (QED) is 0.880. The van der Waals surface area contributed by atoms with Gasteiger partial charge in [0.15, 0.2) is 0 Å². The van der Waals surface area contributed by atoms with E-state index < -0.39 is 16.4 Å². The lowest BCUT2D eigenvalue weighted by Gasteiger charge is -2.21. The van der Waals surface area contributed by atoms with Gasteiger partial charge in [-0.15, -0.1) is 0 Å². The molecule has 0 saturated heterocycles. The highest BCUT2D eigenvalue weighted by Crippen LogP contribution is 2.20. The van der Waals surface area contributed by atoms with Crippen LogP contribution in [0.5, 0.6) is 0 Å². The van der Waals surface area contributed by atoms with Gasteiger partial charge in [-0.2, -0.15) is 0 Å². The molecule has 0 aliphatic heterocycles. The lowest BCUT2D eigenvalue weighted by atomic mass is 10.0. The first kappa shape index (κ1) is 15.5. The van der Waals surface area contributed by atoms with Gasteiger partial charge in [0.1, 0.15) is 11.4 Å². The van der Waals surface area contributed by atoms with E-state index in [1.54, 1.807) is 49.6 Å². The molecule has 0 saturated carbocycles. The van der Waals surface area contributed by atoms with Gasteiger partial charge in [0.2, 0.25) is 0 Å². The molecule has 0 bridgehead atoms. The van der Waals surface area contributed by atoms with Gasteiger partial charge in [0.25, 0.3) is 5.91 Å². The minimum absolute atomic E-state index is 0.0286. The summed E-state index contributed by atoms with van der Waals surface area (Å²) in [5, 5.41) is 12.9. The standard InChI is InChI=1S/C15H17NO4S/c1-15(18,13-4-3-9-20-13)10-16-14(17)11-5-7-12(8-6-11)21(2)19/h3-9,18H,10H2,1-2H3,(H,16,17). The van der Waals surface area contributed by atoms with Crippen LogP contribution >= 0.6 is 0 Å². The van der Waals surface area contributed by atoms with Crippen molar-refractivity contribution < 1.29 is 18.5 Å². The molecule has 2 atom stereocenters. The number of carbonyl (C=O) groups is 1. The predicted molar refractivity (Wildman–Crippen MR) is 79.4 cm³/mol. The highest BCUT2D eigenvalue weighted by molar-refractivity contribution is 7.84. The monoisotopic (exact) mass is 307 g/mol. The lowest BCUT2D eigenvalue weighted by molar-refractivity contribution is 0.0330. The molecule has 5 nitrogen and oxygen atoms in total. The SMILES string of the molecule is CS(=O)c1ccc(C(=O)NCC(C)(O)c2ccco2)cc1. The number of hydrogen-bond donors (Lipinski definition) is 2. The fraction of sp³-hybridized carbons (Fsp3) is 0.267. The van der Waals surface area contributed by atoms with Crippen LogP contribution in [0, 0.1) is 0 Å². The number of aliphatic hydroxyl groups is 1. The molecular weight excluding hydrogens is 290 g/mol. The Hall–Kier alpha value is -1.92. The van der Waals surface area contributed by atoms with E-state index in [9.17, 15) is 14.1 Å². The van der Waals surface area contributed by atoms with Crippen LogP contribution < -0.4 is 5.32 Å². The van der Waals surface area contributed by atoms with Crippen LogP contribution in [0.2, 0.25) is 0 Å². The number of nitrogens with one attached hydrogen (secondary N) is 1. The Morgan fingerprint density at radius 2 is 2.00 bits per heavy atom. The van der Waals surface area contributed by atoms with Gasteiger partial charge in [-0.25, -0.2) is 0 Å². The Bertz CT molecular complexity index is 632. The van der Waals surface area contributed by atoms with Crippen molar-refractivity contribution in [3.63, 3.8) is 0 Å². The maximum Gasteiger partial charge on any atom is 0.251 e. The van der Waals surface area contributed by atoms with Crippen molar-refractivity contribution in [2.24, 2.45) is 0 Å². The van der Waals surface area contributed by atoms with Gasteiger partial charge in [0.05, 0.1) is 12.8 Å². The summed E-state index contributed by atoms with van der Waals surface area (Å²) in [7, 11) is -1.07. The zero-order chi connectivity index (χ0) is 15.5. The molecule has 2 aromatic rings. The molecule has 1 aromatic heterocycles. The van der Waals surface area contributed by atoms with E-state index in [0.29, 0.717) is 16.2 Å². The Balaban J connectivity index is 2.00. The van der Waals surface area contributed by atoms with Crippen molar-refractivity contribution in [3.05, 3.63) is 54.0 Å². The van der Waals surface area contributed by atoms with E-state index in [2.05, 4.69) is 5.32 Å². The van der Waals surface area contributed by atoms with Gasteiger partial charge in [0, 0.05) is 27.5 Å². The van der Waals surface area contributed by atoms with E-state index in [4.69, 9.17) is 4.42 Å². The minimum Gasteiger partial charge on any atom is -0.466 e. The van der Waals surface area contributed by atoms with E-state index in [-0.39, 0.29) is 12.5 Å². The second-order valence-corrected chi connectivity index (χ2v) is 6.29. The number of rotatable bonds is 5. The van der Waals surface area contributed by atoms with E-state index in [1.165, 1.54) is 6.26 Å². The smallest absolute Gasteiger partial charge is 0.251 e. The first-order valence-corrected chi connectivity index (χ1v) is 7.94. The topological polar surface area (TPSA) is 79.5 Å². The third-order valence-corrected chi connectivity index (χ3v) is 4.03. The fourth-order valence-corrected chi connectivity index (χ4v) is 2.34. The second kappa shape index (κ2) is 6.24. The van der Waals surface area contributed by atoms with Crippen LogP contribution in [0.4, 0.5) is 0 Å².